The van der Waals surface area contributed by atoms with Crippen LogP contribution in [0.3, 0.4) is 0 Å². The summed E-state index contributed by atoms with van der Waals surface area (Å²) in [5, 5.41) is 7.00. The SMILES string of the molecule is COc1ccc(/C=C/C(=O)Nc2ccc(Oc3cc(-n4cccn4)nc(C)n3)cc2)cc1OC. The summed E-state index contributed by atoms with van der Waals surface area (Å²) in [6, 6.07) is 15.9. The van der Waals surface area contributed by atoms with Gasteiger partial charge in [0.15, 0.2) is 17.3 Å². The van der Waals surface area contributed by atoms with E-state index in [0.717, 1.165) is 5.56 Å². The predicted octanol–water partition coefficient (Wildman–Crippen LogP) is 4.43. The van der Waals surface area contributed by atoms with E-state index in [1.807, 2.05) is 12.1 Å². The van der Waals surface area contributed by atoms with Gasteiger partial charge in [-0.2, -0.15) is 10.1 Å². The van der Waals surface area contributed by atoms with Crippen LogP contribution in [0.1, 0.15) is 11.4 Å². The second kappa shape index (κ2) is 10.3. The Balaban J connectivity index is 1.38. The maximum atomic E-state index is 12.3. The first-order valence-electron chi connectivity index (χ1n) is 10.4. The van der Waals surface area contributed by atoms with Crippen molar-refractivity contribution in [3.05, 3.63) is 84.5 Å². The summed E-state index contributed by atoms with van der Waals surface area (Å²) in [6.45, 7) is 1.79. The molecule has 0 saturated heterocycles. The minimum atomic E-state index is -0.265. The van der Waals surface area contributed by atoms with E-state index in [1.54, 1.807) is 86.8 Å². The number of anilines is 1. The largest absolute Gasteiger partial charge is 0.493 e. The number of nitrogens with one attached hydrogen (secondary N) is 1. The molecule has 0 aliphatic heterocycles. The van der Waals surface area contributed by atoms with Gasteiger partial charge in [0, 0.05) is 30.2 Å². The summed E-state index contributed by atoms with van der Waals surface area (Å²) in [5.74, 6) is 3.10. The van der Waals surface area contributed by atoms with E-state index >= 15 is 0 Å². The molecule has 1 N–H and O–H groups in total. The molecule has 0 unspecified atom stereocenters. The molecule has 0 radical (unpaired) electrons. The van der Waals surface area contributed by atoms with Gasteiger partial charge in [0.2, 0.25) is 11.8 Å². The van der Waals surface area contributed by atoms with E-state index in [1.165, 1.54) is 6.08 Å². The molecular weight excluding hydrogens is 434 g/mol. The summed E-state index contributed by atoms with van der Waals surface area (Å²) < 4.78 is 18.0. The van der Waals surface area contributed by atoms with E-state index in [9.17, 15) is 4.79 Å². The number of ether oxygens (including phenoxy) is 3. The Morgan fingerprint density at radius 1 is 1.00 bits per heavy atom. The second-order valence-corrected chi connectivity index (χ2v) is 7.13. The average molecular weight is 457 g/mol. The van der Waals surface area contributed by atoms with Gasteiger partial charge in [-0.15, -0.1) is 0 Å². The number of amides is 1. The van der Waals surface area contributed by atoms with Gasteiger partial charge >= 0.3 is 0 Å². The molecule has 0 spiro atoms. The second-order valence-electron chi connectivity index (χ2n) is 7.13. The highest BCUT2D eigenvalue weighted by Crippen LogP contribution is 2.28. The Labute approximate surface area is 196 Å². The van der Waals surface area contributed by atoms with Crippen molar-refractivity contribution in [1.82, 2.24) is 19.7 Å². The molecule has 2 aromatic carbocycles. The monoisotopic (exact) mass is 457 g/mol. The fourth-order valence-corrected chi connectivity index (χ4v) is 3.14. The van der Waals surface area contributed by atoms with Crippen molar-refractivity contribution in [2.75, 3.05) is 19.5 Å². The van der Waals surface area contributed by atoms with Gasteiger partial charge in [0.25, 0.3) is 0 Å². The first kappa shape index (κ1) is 22.5. The highest BCUT2D eigenvalue weighted by atomic mass is 16.5. The molecule has 0 atom stereocenters. The summed E-state index contributed by atoms with van der Waals surface area (Å²) in [4.78, 5) is 21.0. The van der Waals surface area contributed by atoms with Crippen molar-refractivity contribution < 1.29 is 19.0 Å². The highest BCUT2D eigenvalue weighted by molar-refractivity contribution is 6.02. The van der Waals surface area contributed by atoms with Crippen molar-refractivity contribution >= 4 is 17.7 Å². The van der Waals surface area contributed by atoms with Crippen LogP contribution in [-0.4, -0.2) is 39.9 Å². The Hall–Kier alpha value is -4.66. The van der Waals surface area contributed by atoms with Gasteiger partial charge in [-0.1, -0.05) is 6.07 Å². The van der Waals surface area contributed by atoms with Crippen molar-refractivity contribution in [1.29, 1.82) is 0 Å². The van der Waals surface area contributed by atoms with Crippen LogP contribution in [0.25, 0.3) is 11.9 Å². The van der Waals surface area contributed by atoms with Crippen LogP contribution in [0.2, 0.25) is 0 Å². The van der Waals surface area contributed by atoms with Gasteiger partial charge < -0.3 is 19.5 Å². The topological polar surface area (TPSA) is 100 Å². The Kier molecular flexibility index (Phi) is 6.83. The molecule has 4 rings (SSSR count). The number of nitrogens with zero attached hydrogens (tertiary/aromatic N) is 4. The molecular formula is C25H23N5O4. The molecule has 2 heterocycles. The fourth-order valence-electron chi connectivity index (χ4n) is 3.14. The summed E-state index contributed by atoms with van der Waals surface area (Å²) in [5.41, 5.74) is 1.44. The minimum Gasteiger partial charge on any atom is -0.493 e. The van der Waals surface area contributed by atoms with Crippen molar-refractivity contribution in [2.45, 2.75) is 6.92 Å². The molecule has 9 nitrogen and oxygen atoms in total. The van der Waals surface area contributed by atoms with Crippen LogP contribution in [-0.2, 0) is 4.79 Å². The number of aryl methyl sites for hydroxylation is 1. The smallest absolute Gasteiger partial charge is 0.248 e. The molecule has 0 saturated carbocycles. The summed E-state index contributed by atoms with van der Waals surface area (Å²) in [6.07, 6.45) is 6.62. The van der Waals surface area contributed by atoms with Gasteiger partial charge in [0.05, 0.1) is 14.2 Å². The van der Waals surface area contributed by atoms with Crippen LogP contribution < -0.4 is 19.5 Å². The van der Waals surface area contributed by atoms with Crippen LogP contribution in [0, 0.1) is 6.92 Å². The predicted molar refractivity (Wildman–Crippen MR) is 128 cm³/mol. The molecule has 9 heteroatoms. The molecule has 0 fully saturated rings. The molecule has 1 amide bonds. The van der Waals surface area contributed by atoms with Crippen molar-refractivity contribution in [2.24, 2.45) is 0 Å². The third-order valence-corrected chi connectivity index (χ3v) is 4.72. The zero-order valence-corrected chi connectivity index (χ0v) is 18.9. The third-order valence-electron chi connectivity index (χ3n) is 4.72. The van der Waals surface area contributed by atoms with Gasteiger partial charge in [-0.25, -0.2) is 9.67 Å². The Bertz CT molecular complexity index is 1300. The lowest BCUT2D eigenvalue weighted by atomic mass is 10.2. The Morgan fingerprint density at radius 2 is 1.79 bits per heavy atom. The Morgan fingerprint density at radius 3 is 2.50 bits per heavy atom. The van der Waals surface area contributed by atoms with Crippen LogP contribution in [0.4, 0.5) is 5.69 Å². The van der Waals surface area contributed by atoms with Crippen molar-refractivity contribution in [3.63, 3.8) is 0 Å². The lowest BCUT2D eigenvalue weighted by Gasteiger charge is -2.09. The fraction of sp³-hybridized carbons (Fsp3) is 0.120. The molecule has 0 aliphatic carbocycles. The van der Waals surface area contributed by atoms with Crippen LogP contribution in [0.5, 0.6) is 23.1 Å². The quantitative estimate of drug-likeness (QED) is 0.391. The lowest BCUT2D eigenvalue weighted by Crippen LogP contribution is -2.07. The van der Waals surface area contributed by atoms with E-state index in [0.29, 0.717) is 40.5 Å². The number of aromatic nitrogens is 4. The number of hydrogen-bond acceptors (Lipinski definition) is 7. The van der Waals surface area contributed by atoms with Gasteiger partial charge in [-0.05, 0) is 61.0 Å². The number of carbonyl (C=O) groups excluding carboxylic acids is 1. The van der Waals surface area contributed by atoms with E-state index in [4.69, 9.17) is 14.2 Å². The number of rotatable bonds is 8. The molecule has 34 heavy (non-hydrogen) atoms. The first-order chi connectivity index (χ1) is 16.5. The number of hydrogen-bond donors (Lipinski definition) is 1. The number of benzene rings is 2. The van der Waals surface area contributed by atoms with Crippen molar-refractivity contribution in [3.8, 4) is 28.9 Å². The van der Waals surface area contributed by atoms with Gasteiger partial charge in [-0.3, -0.25) is 4.79 Å². The molecule has 2 aromatic heterocycles. The number of methoxy groups -OCH3 is 2. The minimum absolute atomic E-state index is 0.265. The third kappa shape index (κ3) is 5.57. The molecule has 4 aromatic rings. The van der Waals surface area contributed by atoms with Crippen LogP contribution in [0.15, 0.2) is 73.1 Å². The summed E-state index contributed by atoms with van der Waals surface area (Å²) >= 11 is 0. The lowest BCUT2D eigenvalue weighted by molar-refractivity contribution is -0.111. The van der Waals surface area contributed by atoms with E-state index < -0.39 is 0 Å². The van der Waals surface area contributed by atoms with E-state index in [2.05, 4.69) is 20.4 Å². The zero-order valence-electron chi connectivity index (χ0n) is 18.9. The number of carbonyl (C=O) groups is 1. The first-order valence-corrected chi connectivity index (χ1v) is 10.4. The molecule has 0 aliphatic rings. The molecule has 172 valence electrons. The highest BCUT2D eigenvalue weighted by Gasteiger charge is 2.07. The average Bonchev–Trinajstić information content (AvgIpc) is 3.39. The summed E-state index contributed by atoms with van der Waals surface area (Å²) in [7, 11) is 3.14. The van der Waals surface area contributed by atoms with Crippen LogP contribution >= 0.6 is 0 Å². The van der Waals surface area contributed by atoms with Gasteiger partial charge in [0.1, 0.15) is 11.6 Å². The normalized spacial score (nSPS) is 10.8. The zero-order chi connectivity index (χ0) is 23.9. The molecule has 0 bridgehead atoms. The van der Waals surface area contributed by atoms with E-state index in [-0.39, 0.29) is 5.91 Å². The maximum Gasteiger partial charge on any atom is 0.248 e. The standard InChI is InChI=1S/C25H23N5O4/c1-17-27-23(30-14-4-13-26-30)16-25(28-17)34-20-9-7-19(8-10-20)29-24(31)12-6-18-5-11-21(32-2)22(15-18)33-3/h4-16H,1-3H3,(H,29,31)/b12-6+. The maximum absolute atomic E-state index is 12.3.